The second-order valence-electron chi connectivity index (χ2n) is 4.78. The maximum Gasteiger partial charge on any atom is 0.317 e. The predicted molar refractivity (Wildman–Crippen MR) is 74.9 cm³/mol. The third-order valence-electron chi connectivity index (χ3n) is 3.27. The summed E-state index contributed by atoms with van der Waals surface area (Å²) in [5.74, 6) is 0. The van der Waals surface area contributed by atoms with Crippen LogP contribution in [0.1, 0.15) is 30.6 Å². The lowest BCUT2D eigenvalue weighted by atomic mass is 10.1. The van der Waals surface area contributed by atoms with Crippen molar-refractivity contribution >= 4 is 6.03 Å². The molecule has 0 radical (unpaired) electrons. The van der Waals surface area contributed by atoms with Gasteiger partial charge in [-0.2, -0.15) is 5.10 Å². The molecule has 0 bridgehead atoms. The Morgan fingerprint density at radius 1 is 1.55 bits per heavy atom. The highest BCUT2D eigenvalue weighted by Crippen LogP contribution is 2.15. The van der Waals surface area contributed by atoms with Crippen LogP contribution in [-0.2, 0) is 13.6 Å². The van der Waals surface area contributed by atoms with Gasteiger partial charge in [-0.3, -0.25) is 4.68 Å². The minimum Gasteiger partial charge on any atom is -0.472 e. The monoisotopic (exact) mass is 276 g/mol. The van der Waals surface area contributed by atoms with Gasteiger partial charge in [0, 0.05) is 25.9 Å². The number of nitrogens with one attached hydrogen (secondary N) is 1. The molecule has 2 amide bonds. The lowest BCUT2D eigenvalue weighted by Gasteiger charge is -2.22. The number of aryl methyl sites for hydroxylation is 1. The molecule has 2 aromatic rings. The maximum atomic E-state index is 12.2. The van der Waals surface area contributed by atoms with Crippen LogP contribution < -0.4 is 5.32 Å². The average Bonchev–Trinajstić information content (AvgIpc) is 3.07. The molecule has 0 aliphatic carbocycles. The van der Waals surface area contributed by atoms with Gasteiger partial charge in [0.15, 0.2) is 0 Å². The molecule has 2 heterocycles. The van der Waals surface area contributed by atoms with E-state index >= 15 is 0 Å². The molecular weight excluding hydrogens is 256 g/mol. The summed E-state index contributed by atoms with van der Waals surface area (Å²) in [7, 11) is 3.64. The fourth-order valence-electron chi connectivity index (χ4n) is 2.10. The van der Waals surface area contributed by atoms with Gasteiger partial charge >= 0.3 is 6.03 Å². The number of aromatic nitrogens is 2. The quantitative estimate of drug-likeness (QED) is 0.911. The Balaban J connectivity index is 1.97. The van der Waals surface area contributed by atoms with Gasteiger partial charge in [-0.25, -0.2) is 4.79 Å². The van der Waals surface area contributed by atoms with Crippen molar-refractivity contribution in [3.8, 4) is 0 Å². The smallest absolute Gasteiger partial charge is 0.317 e. The van der Waals surface area contributed by atoms with Crippen molar-refractivity contribution in [2.45, 2.75) is 25.9 Å². The molecule has 0 spiro atoms. The van der Waals surface area contributed by atoms with Crippen molar-refractivity contribution in [3.05, 3.63) is 42.1 Å². The third-order valence-corrected chi connectivity index (χ3v) is 3.27. The summed E-state index contributed by atoms with van der Waals surface area (Å²) in [5.41, 5.74) is 1.97. The molecule has 20 heavy (non-hydrogen) atoms. The minimum atomic E-state index is -0.112. The van der Waals surface area contributed by atoms with E-state index in [1.807, 2.05) is 26.1 Å². The standard InChI is InChI=1S/C14H20N4O2/c1-4-12(13-5-7-15-18(13)3)16-14(19)17(2)9-11-6-8-20-10-11/h5-8,10,12H,4,9H2,1-3H3,(H,16,19). The zero-order chi connectivity index (χ0) is 14.5. The predicted octanol–water partition coefficient (Wildman–Crippen LogP) is 2.31. The molecule has 2 aromatic heterocycles. The van der Waals surface area contributed by atoms with Gasteiger partial charge in [0.1, 0.15) is 0 Å². The second-order valence-corrected chi connectivity index (χ2v) is 4.78. The molecule has 108 valence electrons. The Labute approximate surface area is 118 Å². The first kappa shape index (κ1) is 14.2. The number of carbonyl (C=O) groups is 1. The van der Waals surface area contributed by atoms with Gasteiger partial charge in [-0.05, 0) is 18.6 Å². The Kier molecular flexibility index (Phi) is 4.45. The summed E-state index contributed by atoms with van der Waals surface area (Å²) >= 11 is 0. The van der Waals surface area contributed by atoms with E-state index in [1.54, 1.807) is 35.4 Å². The Morgan fingerprint density at radius 3 is 2.90 bits per heavy atom. The molecule has 0 saturated heterocycles. The van der Waals surface area contributed by atoms with E-state index in [4.69, 9.17) is 4.42 Å². The molecule has 1 atom stereocenters. The molecule has 1 N–H and O–H groups in total. The molecule has 0 fully saturated rings. The van der Waals surface area contributed by atoms with E-state index in [1.165, 1.54) is 0 Å². The van der Waals surface area contributed by atoms with E-state index < -0.39 is 0 Å². The van der Waals surface area contributed by atoms with Crippen molar-refractivity contribution in [2.24, 2.45) is 7.05 Å². The van der Waals surface area contributed by atoms with Crippen LogP contribution in [-0.4, -0.2) is 27.8 Å². The molecular formula is C14H20N4O2. The summed E-state index contributed by atoms with van der Waals surface area (Å²) in [5, 5.41) is 7.16. The minimum absolute atomic E-state index is 0.0400. The molecule has 6 heteroatoms. The number of amides is 2. The fraction of sp³-hybridized carbons (Fsp3) is 0.429. The van der Waals surface area contributed by atoms with E-state index in [-0.39, 0.29) is 12.1 Å². The maximum absolute atomic E-state index is 12.2. The highest BCUT2D eigenvalue weighted by atomic mass is 16.3. The molecule has 0 saturated carbocycles. The first-order chi connectivity index (χ1) is 9.61. The lowest BCUT2D eigenvalue weighted by molar-refractivity contribution is 0.201. The van der Waals surface area contributed by atoms with E-state index in [9.17, 15) is 4.79 Å². The first-order valence-corrected chi connectivity index (χ1v) is 6.62. The van der Waals surface area contributed by atoms with Crippen molar-refractivity contribution in [3.63, 3.8) is 0 Å². The topological polar surface area (TPSA) is 63.3 Å². The molecule has 2 rings (SSSR count). The van der Waals surface area contributed by atoms with Crippen LogP contribution in [0.5, 0.6) is 0 Å². The first-order valence-electron chi connectivity index (χ1n) is 6.62. The van der Waals surface area contributed by atoms with Crippen LogP contribution in [0.25, 0.3) is 0 Å². The van der Waals surface area contributed by atoms with Crippen molar-refractivity contribution in [2.75, 3.05) is 7.05 Å². The number of hydrogen-bond acceptors (Lipinski definition) is 3. The number of rotatable bonds is 5. The Hall–Kier alpha value is -2.24. The number of carbonyl (C=O) groups excluding carboxylic acids is 1. The number of furan rings is 1. The summed E-state index contributed by atoms with van der Waals surface area (Å²) in [6, 6.07) is 3.62. The Bertz CT molecular complexity index is 547. The van der Waals surface area contributed by atoms with Crippen molar-refractivity contribution < 1.29 is 9.21 Å². The van der Waals surface area contributed by atoms with Gasteiger partial charge in [0.2, 0.25) is 0 Å². The van der Waals surface area contributed by atoms with Crippen LogP contribution >= 0.6 is 0 Å². The molecule has 1 unspecified atom stereocenters. The van der Waals surface area contributed by atoms with Gasteiger partial charge < -0.3 is 14.6 Å². The van der Waals surface area contributed by atoms with Crippen molar-refractivity contribution in [1.82, 2.24) is 20.0 Å². The summed E-state index contributed by atoms with van der Waals surface area (Å²) in [4.78, 5) is 13.8. The summed E-state index contributed by atoms with van der Waals surface area (Å²) < 4.78 is 6.78. The van der Waals surface area contributed by atoms with E-state index in [0.717, 1.165) is 17.7 Å². The number of nitrogens with zero attached hydrogens (tertiary/aromatic N) is 3. The summed E-state index contributed by atoms with van der Waals surface area (Å²) in [6.07, 6.45) is 5.79. The van der Waals surface area contributed by atoms with Crippen LogP contribution in [0.15, 0.2) is 35.3 Å². The third kappa shape index (κ3) is 3.20. The lowest BCUT2D eigenvalue weighted by Crippen LogP contribution is -2.39. The molecule has 0 aliphatic heterocycles. The zero-order valence-corrected chi connectivity index (χ0v) is 12.0. The molecule has 6 nitrogen and oxygen atoms in total. The van der Waals surface area contributed by atoms with Gasteiger partial charge in [0.25, 0.3) is 0 Å². The van der Waals surface area contributed by atoms with Crippen LogP contribution in [0.2, 0.25) is 0 Å². The normalized spacial score (nSPS) is 12.2. The second kappa shape index (κ2) is 6.27. The van der Waals surface area contributed by atoms with Crippen molar-refractivity contribution in [1.29, 1.82) is 0 Å². The highest BCUT2D eigenvalue weighted by molar-refractivity contribution is 5.74. The number of urea groups is 1. The van der Waals surface area contributed by atoms with Gasteiger partial charge in [-0.15, -0.1) is 0 Å². The van der Waals surface area contributed by atoms with Crippen LogP contribution in [0.3, 0.4) is 0 Å². The highest BCUT2D eigenvalue weighted by Gasteiger charge is 2.18. The SMILES string of the molecule is CCC(NC(=O)N(C)Cc1ccoc1)c1ccnn1C. The van der Waals surface area contributed by atoms with Gasteiger partial charge in [0.05, 0.1) is 30.8 Å². The van der Waals surface area contributed by atoms with E-state index in [2.05, 4.69) is 10.4 Å². The van der Waals surface area contributed by atoms with Crippen LogP contribution in [0, 0.1) is 0 Å². The molecule has 0 aliphatic rings. The number of hydrogen-bond donors (Lipinski definition) is 1. The van der Waals surface area contributed by atoms with Crippen LogP contribution in [0.4, 0.5) is 4.79 Å². The Morgan fingerprint density at radius 2 is 2.35 bits per heavy atom. The average molecular weight is 276 g/mol. The molecule has 0 aromatic carbocycles. The van der Waals surface area contributed by atoms with Gasteiger partial charge in [-0.1, -0.05) is 6.92 Å². The zero-order valence-electron chi connectivity index (χ0n) is 12.0. The fourth-order valence-corrected chi connectivity index (χ4v) is 2.10. The summed E-state index contributed by atoms with van der Waals surface area (Å²) in [6.45, 7) is 2.55. The largest absolute Gasteiger partial charge is 0.472 e. The van der Waals surface area contributed by atoms with E-state index in [0.29, 0.717) is 6.54 Å².